The first kappa shape index (κ1) is 11.9. The number of hydrogen-bond donors (Lipinski definition) is 1. The highest BCUT2D eigenvalue weighted by Crippen LogP contribution is 1.91. The zero-order chi connectivity index (χ0) is 9.40. The van der Waals surface area contributed by atoms with Crippen molar-refractivity contribution in [2.45, 2.75) is 26.9 Å². The second-order valence-corrected chi connectivity index (χ2v) is 2.94. The molecule has 0 saturated heterocycles. The summed E-state index contributed by atoms with van der Waals surface area (Å²) in [5.41, 5.74) is 0. The van der Waals surface area contributed by atoms with E-state index in [1.165, 1.54) is 0 Å². The molecule has 0 aliphatic heterocycles. The maximum atomic E-state index is 9.13. The molecule has 3 heteroatoms. The van der Waals surface area contributed by atoms with E-state index in [2.05, 4.69) is 11.8 Å². The van der Waals surface area contributed by atoms with Gasteiger partial charge in [0.15, 0.2) is 0 Å². The van der Waals surface area contributed by atoms with E-state index in [1.807, 2.05) is 13.8 Å². The maximum Gasteiger partial charge on any atom is 0.0639 e. The zero-order valence-electron chi connectivity index (χ0n) is 8.42. The van der Waals surface area contributed by atoms with Crippen LogP contribution in [0, 0.1) is 0 Å². The van der Waals surface area contributed by atoms with E-state index in [4.69, 9.17) is 9.84 Å². The predicted molar refractivity (Wildman–Crippen MR) is 50.3 cm³/mol. The molecule has 3 nitrogen and oxygen atoms in total. The van der Waals surface area contributed by atoms with Crippen molar-refractivity contribution in [2.24, 2.45) is 0 Å². The van der Waals surface area contributed by atoms with Gasteiger partial charge < -0.3 is 9.84 Å². The average molecular weight is 175 g/mol. The van der Waals surface area contributed by atoms with Crippen LogP contribution in [0.2, 0.25) is 0 Å². The largest absolute Gasteiger partial charge is 0.392 e. The van der Waals surface area contributed by atoms with E-state index in [1.54, 1.807) is 0 Å². The van der Waals surface area contributed by atoms with E-state index >= 15 is 0 Å². The van der Waals surface area contributed by atoms with Crippen LogP contribution in [-0.2, 0) is 4.74 Å². The van der Waals surface area contributed by atoms with Crippen molar-refractivity contribution >= 4 is 0 Å². The summed E-state index contributed by atoms with van der Waals surface area (Å²) in [6, 6.07) is 0. The van der Waals surface area contributed by atoms with Crippen molar-refractivity contribution in [2.75, 3.05) is 32.8 Å². The number of aliphatic hydroxyl groups is 1. The Labute approximate surface area is 75.3 Å². The lowest BCUT2D eigenvalue weighted by Crippen LogP contribution is -2.33. The summed E-state index contributed by atoms with van der Waals surface area (Å²) in [4.78, 5) is 2.18. The quantitative estimate of drug-likeness (QED) is 0.579. The number of likely N-dealkylation sites (N-methyl/N-ethyl adjacent to an activating group) is 1. The van der Waals surface area contributed by atoms with Gasteiger partial charge in [-0.1, -0.05) is 6.92 Å². The van der Waals surface area contributed by atoms with Crippen molar-refractivity contribution in [3.63, 3.8) is 0 Å². The van der Waals surface area contributed by atoms with Crippen LogP contribution < -0.4 is 0 Å². The zero-order valence-corrected chi connectivity index (χ0v) is 8.42. The van der Waals surface area contributed by atoms with Crippen molar-refractivity contribution < 1.29 is 9.84 Å². The molecule has 0 heterocycles. The van der Waals surface area contributed by atoms with E-state index in [-0.39, 0.29) is 6.10 Å². The van der Waals surface area contributed by atoms with Gasteiger partial charge in [0.25, 0.3) is 0 Å². The number of hydrogen-bond acceptors (Lipinski definition) is 3. The third-order valence-electron chi connectivity index (χ3n) is 1.73. The number of ether oxygens (including phenoxy) is 1. The van der Waals surface area contributed by atoms with Crippen LogP contribution in [0.3, 0.4) is 0 Å². The first-order valence-corrected chi connectivity index (χ1v) is 4.68. The van der Waals surface area contributed by atoms with Gasteiger partial charge >= 0.3 is 0 Å². The molecule has 0 amide bonds. The summed E-state index contributed by atoms with van der Waals surface area (Å²) in [5, 5.41) is 9.13. The van der Waals surface area contributed by atoms with Gasteiger partial charge in [-0.3, -0.25) is 4.90 Å². The normalized spacial score (nSPS) is 13.8. The van der Waals surface area contributed by atoms with Crippen LogP contribution in [-0.4, -0.2) is 49.0 Å². The molecule has 0 aromatic rings. The number of rotatable bonds is 7. The molecule has 0 radical (unpaired) electrons. The van der Waals surface area contributed by atoms with Gasteiger partial charge in [0, 0.05) is 19.7 Å². The van der Waals surface area contributed by atoms with E-state index in [0.29, 0.717) is 0 Å². The topological polar surface area (TPSA) is 32.7 Å². The summed E-state index contributed by atoms with van der Waals surface area (Å²) >= 11 is 0. The smallest absolute Gasteiger partial charge is 0.0639 e. The van der Waals surface area contributed by atoms with E-state index in [9.17, 15) is 0 Å². The Morgan fingerprint density at radius 3 is 2.50 bits per heavy atom. The van der Waals surface area contributed by atoms with Gasteiger partial charge in [0.05, 0.1) is 12.7 Å². The van der Waals surface area contributed by atoms with Gasteiger partial charge in [-0.25, -0.2) is 0 Å². The highest BCUT2D eigenvalue weighted by Gasteiger charge is 2.04. The SMILES string of the molecule is CCOCCN(CC)C[C@@H](C)O. The molecule has 0 bridgehead atoms. The van der Waals surface area contributed by atoms with Crippen molar-refractivity contribution in [1.29, 1.82) is 0 Å². The molecular formula is C9H21NO2. The summed E-state index contributed by atoms with van der Waals surface area (Å²) in [6.45, 7) is 10.0. The molecule has 0 unspecified atom stereocenters. The molecule has 0 spiro atoms. The Morgan fingerprint density at radius 1 is 1.42 bits per heavy atom. The monoisotopic (exact) mass is 175 g/mol. The molecule has 0 aromatic heterocycles. The molecule has 0 aliphatic rings. The molecule has 0 fully saturated rings. The molecule has 0 rings (SSSR count). The standard InChI is InChI=1S/C9H21NO2/c1-4-10(8-9(3)11)6-7-12-5-2/h9,11H,4-8H2,1-3H3/t9-/m1/s1. The van der Waals surface area contributed by atoms with E-state index < -0.39 is 0 Å². The highest BCUT2D eigenvalue weighted by molar-refractivity contribution is 4.58. The minimum atomic E-state index is -0.244. The molecule has 74 valence electrons. The average Bonchev–Trinajstić information content (AvgIpc) is 2.02. The van der Waals surface area contributed by atoms with Crippen LogP contribution in [0.4, 0.5) is 0 Å². The van der Waals surface area contributed by atoms with Gasteiger partial charge in [-0.2, -0.15) is 0 Å². The predicted octanol–water partition coefficient (Wildman–Crippen LogP) is 0.726. The summed E-state index contributed by atoms with van der Waals surface area (Å²) in [6.07, 6.45) is -0.244. The molecule has 0 aromatic carbocycles. The third kappa shape index (κ3) is 6.58. The summed E-state index contributed by atoms with van der Waals surface area (Å²) in [7, 11) is 0. The van der Waals surface area contributed by atoms with Crippen molar-refractivity contribution in [1.82, 2.24) is 4.90 Å². The Kier molecular flexibility index (Phi) is 7.45. The first-order valence-electron chi connectivity index (χ1n) is 4.68. The molecule has 0 aliphatic carbocycles. The second kappa shape index (κ2) is 7.53. The van der Waals surface area contributed by atoms with Gasteiger partial charge in [-0.05, 0) is 20.4 Å². The molecule has 1 N–H and O–H groups in total. The lowest BCUT2D eigenvalue weighted by atomic mass is 10.3. The molecule has 1 atom stereocenters. The Balaban J connectivity index is 3.39. The first-order chi connectivity index (χ1) is 5.70. The lowest BCUT2D eigenvalue weighted by Gasteiger charge is -2.21. The van der Waals surface area contributed by atoms with Crippen molar-refractivity contribution in [3.05, 3.63) is 0 Å². The maximum absolute atomic E-state index is 9.13. The number of aliphatic hydroxyl groups excluding tert-OH is 1. The van der Waals surface area contributed by atoms with Gasteiger partial charge in [-0.15, -0.1) is 0 Å². The minimum Gasteiger partial charge on any atom is -0.392 e. The second-order valence-electron chi connectivity index (χ2n) is 2.94. The molecule has 12 heavy (non-hydrogen) atoms. The van der Waals surface area contributed by atoms with Crippen molar-refractivity contribution in [3.8, 4) is 0 Å². The molecule has 0 saturated carbocycles. The van der Waals surface area contributed by atoms with Crippen LogP contribution >= 0.6 is 0 Å². The van der Waals surface area contributed by atoms with Crippen LogP contribution in [0.5, 0.6) is 0 Å². The lowest BCUT2D eigenvalue weighted by molar-refractivity contribution is 0.0859. The minimum absolute atomic E-state index is 0.244. The Hall–Kier alpha value is -0.120. The Bertz CT molecular complexity index is 96.5. The van der Waals surface area contributed by atoms with Gasteiger partial charge in [0.2, 0.25) is 0 Å². The Morgan fingerprint density at radius 2 is 2.08 bits per heavy atom. The van der Waals surface area contributed by atoms with Crippen LogP contribution in [0.1, 0.15) is 20.8 Å². The highest BCUT2D eigenvalue weighted by atomic mass is 16.5. The van der Waals surface area contributed by atoms with E-state index in [0.717, 1.165) is 32.8 Å². The summed E-state index contributed by atoms with van der Waals surface area (Å²) in [5.74, 6) is 0. The third-order valence-corrected chi connectivity index (χ3v) is 1.73. The fourth-order valence-electron chi connectivity index (χ4n) is 1.09. The fourth-order valence-corrected chi connectivity index (χ4v) is 1.09. The molecular weight excluding hydrogens is 154 g/mol. The summed E-state index contributed by atoms with van der Waals surface area (Å²) < 4.78 is 5.22. The van der Waals surface area contributed by atoms with Gasteiger partial charge in [0.1, 0.15) is 0 Å². The van der Waals surface area contributed by atoms with Crippen LogP contribution in [0.15, 0.2) is 0 Å². The van der Waals surface area contributed by atoms with Crippen LogP contribution in [0.25, 0.3) is 0 Å². The fraction of sp³-hybridized carbons (Fsp3) is 1.00. The number of nitrogens with zero attached hydrogens (tertiary/aromatic N) is 1.